The van der Waals surface area contributed by atoms with Gasteiger partial charge in [-0.05, 0) is 44.0 Å². The summed E-state index contributed by atoms with van der Waals surface area (Å²) in [5.74, 6) is 2.45. The third-order valence-electron chi connectivity index (χ3n) is 5.37. The number of rotatable bonds is 6. The first-order chi connectivity index (χ1) is 14.7. The highest BCUT2D eigenvalue weighted by Crippen LogP contribution is 2.26. The molecule has 1 aliphatic rings. The van der Waals surface area contributed by atoms with Gasteiger partial charge < -0.3 is 19.9 Å². The number of hydrogen-bond acceptors (Lipinski definition) is 5. The summed E-state index contributed by atoms with van der Waals surface area (Å²) in [6.45, 7) is 2.79. The molecule has 0 unspecified atom stereocenters. The summed E-state index contributed by atoms with van der Waals surface area (Å²) in [5.41, 5.74) is 2.51. The Kier molecular flexibility index (Phi) is 5.97. The molecule has 2 heterocycles. The van der Waals surface area contributed by atoms with Crippen molar-refractivity contribution in [2.45, 2.75) is 45.2 Å². The number of nitrogens with zero attached hydrogens (tertiary/aromatic N) is 3. The summed E-state index contributed by atoms with van der Waals surface area (Å²) in [6.07, 6.45) is 4.52. The molecule has 1 amide bonds. The second kappa shape index (κ2) is 8.98. The Labute approximate surface area is 176 Å². The van der Waals surface area contributed by atoms with E-state index in [0.717, 1.165) is 42.3 Å². The van der Waals surface area contributed by atoms with Crippen molar-refractivity contribution in [3.05, 3.63) is 54.4 Å². The minimum absolute atomic E-state index is 0.138. The predicted octanol–water partition coefficient (Wildman–Crippen LogP) is 4.12. The summed E-state index contributed by atoms with van der Waals surface area (Å²) in [6, 6.07) is 14.9. The van der Waals surface area contributed by atoms with Crippen LogP contribution >= 0.6 is 0 Å². The molecule has 1 atom stereocenters. The molecule has 0 radical (unpaired) electrons. The van der Waals surface area contributed by atoms with Crippen LogP contribution in [0.4, 0.5) is 11.4 Å². The van der Waals surface area contributed by atoms with Gasteiger partial charge in [-0.25, -0.2) is 0 Å². The minimum atomic E-state index is -0.430. The molecule has 7 heteroatoms. The van der Waals surface area contributed by atoms with Crippen molar-refractivity contribution >= 4 is 17.3 Å². The topological polar surface area (TPSA) is 81.1 Å². The highest BCUT2D eigenvalue weighted by atomic mass is 16.5. The van der Waals surface area contributed by atoms with Gasteiger partial charge in [0.15, 0.2) is 5.82 Å². The van der Waals surface area contributed by atoms with Crippen molar-refractivity contribution in [2.24, 2.45) is 0 Å². The fraction of sp³-hybridized carbons (Fsp3) is 0.348. The molecule has 2 N–H and O–H groups in total. The summed E-state index contributed by atoms with van der Waals surface area (Å²) in [5, 5.41) is 15.0. The van der Waals surface area contributed by atoms with Gasteiger partial charge in [-0.2, -0.15) is 0 Å². The first kappa shape index (κ1) is 19.9. The quantitative estimate of drug-likeness (QED) is 0.645. The molecule has 0 spiro atoms. The number of ether oxygens (including phenoxy) is 1. The minimum Gasteiger partial charge on any atom is -0.495 e. The van der Waals surface area contributed by atoms with Crippen LogP contribution in [0.5, 0.6) is 5.75 Å². The lowest BCUT2D eigenvalue weighted by molar-refractivity contribution is -0.116. The van der Waals surface area contributed by atoms with E-state index in [0.29, 0.717) is 11.4 Å². The van der Waals surface area contributed by atoms with Gasteiger partial charge in [-0.3, -0.25) is 4.79 Å². The molecule has 30 heavy (non-hydrogen) atoms. The van der Waals surface area contributed by atoms with Crippen LogP contribution in [0, 0.1) is 0 Å². The van der Waals surface area contributed by atoms with E-state index in [9.17, 15) is 4.79 Å². The first-order valence-corrected chi connectivity index (χ1v) is 10.4. The molecule has 0 aliphatic carbocycles. The third-order valence-corrected chi connectivity index (χ3v) is 5.37. The number of hydrogen-bond donors (Lipinski definition) is 2. The second-order valence-corrected chi connectivity index (χ2v) is 7.54. The van der Waals surface area contributed by atoms with Gasteiger partial charge in [-0.15, -0.1) is 10.2 Å². The number of aryl methyl sites for hydroxylation is 1. The molecule has 0 saturated carbocycles. The maximum atomic E-state index is 12.7. The number of nitrogens with one attached hydrogen (secondary N) is 2. The number of amides is 1. The maximum Gasteiger partial charge on any atom is 0.246 e. The number of para-hydroxylation sites is 2. The fourth-order valence-corrected chi connectivity index (χ4v) is 3.75. The van der Waals surface area contributed by atoms with Crippen molar-refractivity contribution in [1.82, 2.24) is 14.8 Å². The molecule has 3 aromatic rings. The van der Waals surface area contributed by atoms with Gasteiger partial charge in [0.25, 0.3) is 0 Å². The van der Waals surface area contributed by atoms with Crippen LogP contribution in [-0.4, -0.2) is 33.8 Å². The smallest absolute Gasteiger partial charge is 0.246 e. The highest BCUT2D eigenvalue weighted by molar-refractivity contribution is 5.97. The Balaban J connectivity index is 1.48. The van der Waals surface area contributed by atoms with E-state index in [1.54, 1.807) is 7.11 Å². The fourth-order valence-electron chi connectivity index (χ4n) is 3.75. The normalized spacial score (nSPS) is 14.3. The molecule has 7 nitrogen and oxygen atoms in total. The molecular weight excluding hydrogens is 378 g/mol. The highest BCUT2D eigenvalue weighted by Gasteiger charge is 2.18. The summed E-state index contributed by atoms with van der Waals surface area (Å²) < 4.78 is 7.53. The maximum absolute atomic E-state index is 12.7. The van der Waals surface area contributed by atoms with Crippen molar-refractivity contribution in [3.63, 3.8) is 0 Å². The van der Waals surface area contributed by atoms with Crippen LogP contribution in [0.15, 0.2) is 48.5 Å². The molecule has 4 rings (SSSR count). The van der Waals surface area contributed by atoms with Crippen molar-refractivity contribution < 1.29 is 9.53 Å². The SMILES string of the molecule is COc1ccccc1NC(=O)[C@@H](C)Nc1cccc(-c2nnc3n2CCCCC3)c1. The third kappa shape index (κ3) is 4.30. The average molecular weight is 406 g/mol. The molecule has 1 aromatic heterocycles. The zero-order valence-corrected chi connectivity index (χ0v) is 17.4. The Bertz CT molecular complexity index is 1030. The number of carbonyl (C=O) groups is 1. The zero-order chi connectivity index (χ0) is 20.9. The van der Waals surface area contributed by atoms with E-state index in [-0.39, 0.29) is 5.91 Å². The Morgan fingerprint density at radius 3 is 2.83 bits per heavy atom. The number of methoxy groups -OCH3 is 1. The predicted molar refractivity (Wildman–Crippen MR) is 118 cm³/mol. The van der Waals surface area contributed by atoms with Gasteiger partial charge >= 0.3 is 0 Å². The van der Waals surface area contributed by atoms with Gasteiger partial charge in [-0.1, -0.05) is 30.7 Å². The molecule has 2 aromatic carbocycles. The Morgan fingerprint density at radius 1 is 1.10 bits per heavy atom. The van der Waals surface area contributed by atoms with Gasteiger partial charge in [0.05, 0.1) is 12.8 Å². The van der Waals surface area contributed by atoms with Crippen molar-refractivity contribution in [2.75, 3.05) is 17.7 Å². The van der Waals surface area contributed by atoms with Crippen molar-refractivity contribution in [1.29, 1.82) is 0 Å². The van der Waals surface area contributed by atoms with Gasteiger partial charge in [0.1, 0.15) is 17.6 Å². The van der Waals surface area contributed by atoms with Crippen LogP contribution in [-0.2, 0) is 17.8 Å². The Hall–Kier alpha value is -3.35. The number of aromatic nitrogens is 3. The van der Waals surface area contributed by atoms with Gasteiger partial charge in [0, 0.05) is 24.2 Å². The number of fused-ring (bicyclic) bond motifs is 1. The molecular formula is C23H27N5O2. The van der Waals surface area contributed by atoms with Crippen LogP contribution in [0.1, 0.15) is 32.0 Å². The van der Waals surface area contributed by atoms with Crippen LogP contribution in [0.3, 0.4) is 0 Å². The van der Waals surface area contributed by atoms with Crippen LogP contribution < -0.4 is 15.4 Å². The Morgan fingerprint density at radius 2 is 1.97 bits per heavy atom. The zero-order valence-electron chi connectivity index (χ0n) is 17.4. The van der Waals surface area contributed by atoms with E-state index in [1.807, 2.05) is 55.5 Å². The van der Waals surface area contributed by atoms with Gasteiger partial charge in [0.2, 0.25) is 5.91 Å². The lowest BCUT2D eigenvalue weighted by Gasteiger charge is -2.17. The lowest BCUT2D eigenvalue weighted by atomic mass is 10.1. The molecule has 0 fully saturated rings. The standard InChI is InChI=1S/C23H27N5O2/c1-16(23(29)25-19-11-5-6-12-20(19)30-2)24-18-10-8-9-17(15-18)22-27-26-21-13-4-3-7-14-28(21)22/h5-6,8-12,15-16,24H,3-4,7,13-14H2,1-2H3,(H,25,29)/t16-/m1/s1. The van der Waals surface area contributed by atoms with E-state index >= 15 is 0 Å². The van der Waals surface area contributed by atoms with Crippen LogP contribution in [0.25, 0.3) is 11.4 Å². The summed E-state index contributed by atoms with van der Waals surface area (Å²) >= 11 is 0. The molecule has 1 aliphatic heterocycles. The van der Waals surface area contributed by atoms with Crippen molar-refractivity contribution in [3.8, 4) is 17.1 Å². The number of anilines is 2. The lowest BCUT2D eigenvalue weighted by Crippen LogP contribution is -2.32. The average Bonchev–Trinajstić information content (AvgIpc) is 3.02. The number of carbonyl (C=O) groups excluding carboxylic acids is 1. The molecule has 0 bridgehead atoms. The van der Waals surface area contributed by atoms with Crippen LogP contribution in [0.2, 0.25) is 0 Å². The summed E-state index contributed by atoms with van der Waals surface area (Å²) in [7, 11) is 1.59. The van der Waals surface area contributed by atoms with E-state index < -0.39 is 6.04 Å². The van der Waals surface area contributed by atoms with E-state index in [2.05, 4.69) is 25.4 Å². The second-order valence-electron chi connectivity index (χ2n) is 7.54. The monoisotopic (exact) mass is 405 g/mol. The van der Waals surface area contributed by atoms with E-state index in [1.165, 1.54) is 12.8 Å². The molecule has 156 valence electrons. The largest absolute Gasteiger partial charge is 0.495 e. The molecule has 0 saturated heterocycles. The first-order valence-electron chi connectivity index (χ1n) is 10.4. The van der Waals surface area contributed by atoms with E-state index in [4.69, 9.17) is 4.74 Å². The number of benzene rings is 2. The summed E-state index contributed by atoms with van der Waals surface area (Å²) in [4.78, 5) is 12.7.